The quantitative estimate of drug-likeness (QED) is 0.478. The molecule has 10 heteroatoms. The molecule has 1 saturated carbocycles. The Kier molecular flexibility index (Phi) is 5.85. The van der Waals surface area contributed by atoms with Gasteiger partial charge in [0.15, 0.2) is 5.82 Å². The molecule has 1 aromatic rings. The minimum absolute atomic E-state index is 0.0138. The molecule has 1 heterocycles. The molecule has 0 aromatic heterocycles. The number of benzene rings is 1. The monoisotopic (exact) mass is 399 g/mol. The van der Waals surface area contributed by atoms with Crippen LogP contribution >= 0.6 is 0 Å². The normalized spacial score (nSPS) is 20.2. The summed E-state index contributed by atoms with van der Waals surface area (Å²) < 4.78 is 41.4. The van der Waals surface area contributed by atoms with Gasteiger partial charge in [0.05, 0.1) is 10.5 Å². The number of carbonyl (C=O) groups excluding carboxylic acids is 2. The standard InChI is InChI=1S/C18H20F3N3O4/c19-14-11(9-13(24(27)28)15(20)16(14)21)18(26)23-8-4-7-12(23)17(25)22-10-5-2-1-3-6-10/h9-10,12H,1-8H2,(H,22,25)/t12-/m0/s1. The molecule has 2 aliphatic rings. The van der Waals surface area contributed by atoms with E-state index in [9.17, 15) is 32.9 Å². The van der Waals surface area contributed by atoms with Gasteiger partial charge in [0, 0.05) is 18.7 Å². The smallest absolute Gasteiger partial charge is 0.308 e. The maximum Gasteiger partial charge on any atom is 0.308 e. The van der Waals surface area contributed by atoms with E-state index in [4.69, 9.17) is 0 Å². The molecule has 1 N–H and O–H groups in total. The second-order valence-electron chi connectivity index (χ2n) is 7.14. The lowest BCUT2D eigenvalue weighted by atomic mass is 9.95. The Bertz CT molecular complexity index is 812. The molecule has 1 atom stereocenters. The molecule has 1 aliphatic carbocycles. The van der Waals surface area contributed by atoms with E-state index in [1.807, 2.05) is 0 Å². The molecule has 0 radical (unpaired) electrons. The highest BCUT2D eigenvalue weighted by Crippen LogP contribution is 2.29. The first-order valence-electron chi connectivity index (χ1n) is 9.24. The number of nitrogens with one attached hydrogen (secondary N) is 1. The van der Waals surface area contributed by atoms with Crippen LogP contribution in [0.1, 0.15) is 55.3 Å². The van der Waals surface area contributed by atoms with Crippen LogP contribution in [0.3, 0.4) is 0 Å². The maximum atomic E-state index is 14.1. The van der Waals surface area contributed by atoms with Crippen LogP contribution in [0.15, 0.2) is 6.07 Å². The maximum absolute atomic E-state index is 14.1. The van der Waals surface area contributed by atoms with Crippen molar-refractivity contribution in [1.82, 2.24) is 10.2 Å². The van der Waals surface area contributed by atoms with Gasteiger partial charge in [-0.15, -0.1) is 0 Å². The van der Waals surface area contributed by atoms with Crippen molar-refractivity contribution in [2.24, 2.45) is 0 Å². The van der Waals surface area contributed by atoms with Crippen LogP contribution in [0.2, 0.25) is 0 Å². The zero-order valence-corrected chi connectivity index (χ0v) is 15.1. The Balaban J connectivity index is 1.83. The number of nitrogens with zero attached hydrogens (tertiary/aromatic N) is 2. The second kappa shape index (κ2) is 8.15. The summed E-state index contributed by atoms with van der Waals surface area (Å²) in [6.45, 7) is 0.119. The number of nitro groups is 1. The molecular formula is C18H20F3N3O4. The Morgan fingerprint density at radius 1 is 1.04 bits per heavy atom. The summed E-state index contributed by atoms with van der Waals surface area (Å²) in [4.78, 5) is 36.0. The number of likely N-dealkylation sites (tertiary alicyclic amines) is 1. The molecular weight excluding hydrogens is 379 g/mol. The second-order valence-corrected chi connectivity index (χ2v) is 7.14. The van der Waals surface area contributed by atoms with Crippen LogP contribution in [0.25, 0.3) is 0 Å². The molecule has 1 aromatic carbocycles. The summed E-state index contributed by atoms with van der Waals surface area (Å²) in [5.74, 6) is -7.30. The summed E-state index contributed by atoms with van der Waals surface area (Å²) in [5.41, 5.74) is -2.28. The molecule has 1 aliphatic heterocycles. The molecule has 0 unspecified atom stereocenters. The predicted molar refractivity (Wildman–Crippen MR) is 92.0 cm³/mol. The molecule has 28 heavy (non-hydrogen) atoms. The highest BCUT2D eigenvalue weighted by Gasteiger charge is 2.38. The SMILES string of the molecule is O=C(NC1CCCCC1)[C@@H]1CCCN1C(=O)c1cc([N+](=O)[O-])c(F)c(F)c1F. The van der Waals surface area contributed by atoms with E-state index in [1.165, 1.54) is 0 Å². The summed E-state index contributed by atoms with van der Waals surface area (Å²) >= 11 is 0. The first kappa shape index (κ1) is 20.1. The van der Waals surface area contributed by atoms with Crippen LogP contribution in [0.5, 0.6) is 0 Å². The zero-order chi connectivity index (χ0) is 20.4. The van der Waals surface area contributed by atoms with E-state index in [-0.39, 0.29) is 18.5 Å². The fourth-order valence-electron chi connectivity index (χ4n) is 3.86. The van der Waals surface area contributed by atoms with Gasteiger partial charge >= 0.3 is 5.69 Å². The minimum atomic E-state index is -2.08. The van der Waals surface area contributed by atoms with Gasteiger partial charge in [-0.25, -0.2) is 8.78 Å². The number of amides is 2. The third-order valence-electron chi connectivity index (χ3n) is 5.32. The molecule has 0 bridgehead atoms. The predicted octanol–water partition coefficient (Wildman–Crippen LogP) is 3.07. The summed E-state index contributed by atoms with van der Waals surface area (Å²) in [6.07, 6.45) is 5.62. The van der Waals surface area contributed by atoms with Crippen LogP contribution in [0.4, 0.5) is 18.9 Å². The van der Waals surface area contributed by atoms with Gasteiger partial charge in [-0.1, -0.05) is 19.3 Å². The molecule has 152 valence electrons. The van der Waals surface area contributed by atoms with E-state index in [2.05, 4.69) is 5.32 Å². The largest absolute Gasteiger partial charge is 0.352 e. The average molecular weight is 399 g/mol. The minimum Gasteiger partial charge on any atom is -0.352 e. The van der Waals surface area contributed by atoms with Crippen molar-refractivity contribution in [3.63, 3.8) is 0 Å². The van der Waals surface area contributed by atoms with Crippen LogP contribution < -0.4 is 5.32 Å². The first-order chi connectivity index (χ1) is 13.3. The van der Waals surface area contributed by atoms with Crippen molar-refractivity contribution >= 4 is 17.5 Å². The van der Waals surface area contributed by atoms with Crippen LogP contribution in [0, 0.1) is 27.6 Å². The average Bonchev–Trinajstić information content (AvgIpc) is 3.16. The van der Waals surface area contributed by atoms with E-state index in [1.54, 1.807) is 0 Å². The van der Waals surface area contributed by atoms with Gasteiger partial charge in [0.2, 0.25) is 17.5 Å². The molecule has 3 rings (SSSR count). The van der Waals surface area contributed by atoms with Gasteiger partial charge in [-0.05, 0) is 25.7 Å². The van der Waals surface area contributed by atoms with E-state index >= 15 is 0 Å². The third kappa shape index (κ3) is 3.81. The zero-order valence-electron chi connectivity index (χ0n) is 15.1. The lowest BCUT2D eigenvalue weighted by Crippen LogP contribution is -2.49. The molecule has 2 fully saturated rings. The summed E-state index contributed by atoms with van der Waals surface area (Å²) in [5, 5.41) is 13.8. The highest BCUT2D eigenvalue weighted by atomic mass is 19.2. The summed E-state index contributed by atoms with van der Waals surface area (Å²) in [6, 6.07) is -0.481. The van der Waals surface area contributed by atoms with Crippen LogP contribution in [-0.4, -0.2) is 40.3 Å². The lowest BCUT2D eigenvalue weighted by molar-refractivity contribution is -0.387. The third-order valence-corrected chi connectivity index (χ3v) is 5.32. The highest BCUT2D eigenvalue weighted by molar-refractivity contribution is 5.98. The van der Waals surface area contributed by atoms with Gasteiger partial charge in [0.25, 0.3) is 5.91 Å². The topological polar surface area (TPSA) is 92.6 Å². The van der Waals surface area contributed by atoms with E-state index in [0.29, 0.717) is 18.9 Å². The molecule has 1 saturated heterocycles. The van der Waals surface area contributed by atoms with Gasteiger partial charge in [-0.3, -0.25) is 19.7 Å². The Labute approximate surface area is 159 Å². The summed E-state index contributed by atoms with van der Waals surface area (Å²) in [7, 11) is 0. The number of nitro benzene ring substituents is 1. The van der Waals surface area contributed by atoms with Crippen molar-refractivity contribution in [3.8, 4) is 0 Å². The number of rotatable bonds is 4. The Morgan fingerprint density at radius 2 is 1.71 bits per heavy atom. The molecule has 0 spiro atoms. The molecule has 2 amide bonds. The number of carbonyl (C=O) groups is 2. The molecule has 7 nitrogen and oxygen atoms in total. The lowest BCUT2D eigenvalue weighted by Gasteiger charge is -2.28. The Morgan fingerprint density at radius 3 is 2.36 bits per heavy atom. The van der Waals surface area contributed by atoms with Gasteiger partial charge in [0.1, 0.15) is 6.04 Å². The van der Waals surface area contributed by atoms with E-state index < -0.39 is 45.6 Å². The number of halogens is 3. The van der Waals surface area contributed by atoms with Gasteiger partial charge in [-0.2, -0.15) is 4.39 Å². The first-order valence-corrected chi connectivity index (χ1v) is 9.24. The number of hydrogen-bond donors (Lipinski definition) is 1. The fourth-order valence-corrected chi connectivity index (χ4v) is 3.86. The number of hydrogen-bond acceptors (Lipinski definition) is 4. The van der Waals surface area contributed by atoms with Crippen molar-refractivity contribution < 1.29 is 27.7 Å². The fraction of sp³-hybridized carbons (Fsp3) is 0.556. The van der Waals surface area contributed by atoms with Crippen LogP contribution in [-0.2, 0) is 4.79 Å². The van der Waals surface area contributed by atoms with Crippen molar-refractivity contribution in [3.05, 3.63) is 39.2 Å². The van der Waals surface area contributed by atoms with Crippen molar-refractivity contribution in [2.45, 2.75) is 57.0 Å². The van der Waals surface area contributed by atoms with Crippen molar-refractivity contribution in [1.29, 1.82) is 0 Å². The van der Waals surface area contributed by atoms with Crippen molar-refractivity contribution in [2.75, 3.05) is 6.54 Å². The van der Waals surface area contributed by atoms with Gasteiger partial charge < -0.3 is 10.2 Å². The van der Waals surface area contributed by atoms with E-state index in [0.717, 1.165) is 37.0 Å². The Hall–Kier alpha value is -2.65.